The van der Waals surface area contributed by atoms with Crippen LogP contribution in [-0.2, 0) is 11.2 Å². The average Bonchev–Trinajstić information content (AvgIpc) is 3.04. The maximum absolute atomic E-state index is 13.9. The zero-order valence-electron chi connectivity index (χ0n) is 26.0. The van der Waals surface area contributed by atoms with Crippen LogP contribution in [0.2, 0.25) is 5.02 Å². The topological polar surface area (TPSA) is 156 Å². The molecule has 3 amide bonds. The Labute approximate surface area is 276 Å². The predicted octanol–water partition coefficient (Wildman–Crippen LogP) is 2.84. The molecule has 13 heteroatoms. The Morgan fingerprint density at radius 3 is 2.36 bits per heavy atom. The van der Waals surface area contributed by atoms with Gasteiger partial charge in [0.15, 0.2) is 11.2 Å². The number of rotatable bonds is 10. The molecule has 1 atom stereocenters. The Hall–Kier alpha value is -5.07. The van der Waals surface area contributed by atoms with Gasteiger partial charge in [0.05, 0.1) is 5.56 Å². The maximum Gasteiger partial charge on any atom is 0.287 e. The van der Waals surface area contributed by atoms with Gasteiger partial charge in [-0.15, -0.1) is 0 Å². The number of nitrogens with one attached hydrogen (secondary N) is 2. The van der Waals surface area contributed by atoms with Crippen LogP contribution >= 0.6 is 11.6 Å². The highest BCUT2D eigenvalue weighted by Crippen LogP contribution is 2.28. The van der Waals surface area contributed by atoms with E-state index < -0.39 is 23.1 Å². The van der Waals surface area contributed by atoms with E-state index in [1.807, 2.05) is 37.2 Å². The normalized spacial score (nSPS) is 13.9. The van der Waals surface area contributed by atoms with Gasteiger partial charge in [0.1, 0.15) is 28.5 Å². The third-order valence-corrected chi connectivity index (χ3v) is 8.15. The molecule has 47 heavy (non-hydrogen) atoms. The van der Waals surface area contributed by atoms with E-state index >= 15 is 0 Å². The highest BCUT2D eigenvalue weighted by atomic mass is 35.5. The maximum atomic E-state index is 13.9. The van der Waals surface area contributed by atoms with Gasteiger partial charge in [-0.1, -0.05) is 35.9 Å². The van der Waals surface area contributed by atoms with Crippen LogP contribution in [0.25, 0.3) is 11.0 Å². The second kappa shape index (κ2) is 14.6. The van der Waals surface area contributed by atoms with E-state index in [1.165, 1.54) is 0 Å². The minimum absolute atomic E-state index is 0.136. The minimum Gasteiger partial charge on any atom is -0.508 e. The molecule has 1 saturated heterocycles. The Kier molecular flexibility index (Phi) is 10.3. The van der Waals surface area contributed by atoms with Crippen molar-refractivity contribution in [2.75, 3.05) is 58.3 Å². The number of hydrogen-bond acceptors (Lipinski definition) is 9. The molecule has 5 rings (SSSR count). The SMILES string of the molecule is CN(C)CCNC(=O)c1ccccc1N1CCN(C(=O)[C@@H](Cc2ccc(Cl)cc2)NC(=O)c2cc(=O)c3c(O)cc(O)cc3o2)CC1. The zero-order chi connectivity index (χ0) is 33.7. The number of carbonyl (C=O) groups excluding carboxylic acids is 3. The fourth-order valence-electron chi connectivity index (χ4n) is 5.47. The lowest BCUT2D eigenvalue weighted by molar-refractivity contribution is -0.133. The molecule has 1 fully saturated rings. The van der Waals surface area contributed by atoms with Crippen molar-refractivity contribution in [1.82, 2.24) is 20.4 Å². The van der Waals surface area contributed by atoms with Crippen LogP contribution in [0.4, 0.5) is 5.69 Å². The predicted molar refractivity (Wildman–Crippen MR) is 178 cm³/mol. The van der Waals surface area contributed by atoms with Crippen molar-refractivity contribution in [3.8, 4) is 11.5 Å². The summed E-state index contributed by atoms with van der Waals surface area (Å²) in [6, 6.07) is 16.3. The molecule has 0 aliphatic carbocycles. The van der Waals surface area contributed by atoms with Gasteiger partial charge in [-0.2, -0.15) is 0 Å². The molecule has 1 aromatic heterocycles. The van der Waals surface area contributed by atoms with Crippen molar-refractivity contribution >= 4 is 46.0 Å². The van der Waals surface area contributed by atoms with E-state index in [9.17, 15) is 29.4 Å². The largest absolute Gasteiger partial charge is 0.508 e. The fraction of sp³-hybridized carbons (Fsp3) is 0.294. The van der Waals surface area contributed by atoms with E-state index in [-0.39, 0.29) is 40.7 Å². The molecule has 3 aromatic carbocycles. The third-order valence-electron chi connectivity index (χ3n) is 7.90. The highest BCUT2D eigenvalue weighted by Gasteiger charge is 2.31. The van der Waals surface area contributed by atoms with Crippen molar-refractivity contribution in [2.24, 2.45) is 0 Å². The number of halogens is 1. The molecule has 0 unspecified atom stereocenters. The number of amides is 3. The Balaban J connectivity index is 1.32. The quantitative estimate of drug-likeness (QED) is 0.201. The summed E-state index contributed by atoms with van der Waals surface area (Å²) in [7, 11) is 3.87. The summed E-state index contributed by atoms with van der Waals surface area (Å²) in [5.41, 5.74) is 1.21. The van der Waals surface area contributed by atoms with Crippen molar-refractivity contribution < 1.29 is 29.0 Å². The first-order valence-corrected chi connectivity index (χ1v) is 15.5. The van der Waals surface area contributed by atoms with E-state index in [0.29, 0.717) is 49.9 Å². The molecule has 0 saturated carbocycles. The van der Waals surface area contributed by atoms with Gasteiger partial charge in [-0.05, 0) is 43.9 Å². The van der Waals surface area contributed by atoms with Gasteiger partial charge in [-0.25, -0.2) is 0 Å². The van der Waals surface area contributed by atoms with Crippen molar-refractivity contribution in [2.45, 2.75) is 12.5 Å². The molecule has 1 aliphatic heterocycles. The molecule has 12 nitrogen and oxygen atoms in total. The van der Waals surface area contributed by atoms with Gasteiger partial charge >= 0.3 is 0 Å². The van der Waals surface area contributed by atoms with Crippen LogP contribution in [0.15, 0.2) is 75.9 Å². The van der Waals surface area contributed by atoms with E-state index in [4.69, 9.17) is 16.0 Å². The molecule has 0 spiro atoms. The number of piperazine rings is 1. The third kappa shape index (κ3) is 8.02. The Bertz CT molecular complexity index is 1840. The van der Waals surface area contributed by atoms with Crippen LogP contribution < -0.4 is 21.0 Å². The number of carbonyl (C=O) groups is 3. The summed E-state index contributed by atoms with van der Waals surface area (Å²) in [5.74, 6) is -2.53. The number of likely N-dealkylation sites (N-methyl/N-ethyl adjacent to an activating group) is 1. The average molecular weight is 662 g/mol. The highest BCUT2D eigenvalue weighted by molar-refractivity contribution is 6.30. The minimum atomic E-state index is -1.02. The summed E-state index contributed by atoms with van der Waals surface area (Å²) in [6.07, 6.45) is 0.136. The number of benzene rings is 3. The smallest absolute Gasteiger partial charge is 0.287 e. The molecule has 4 N–H and O–H groups in total. The summed E-state index contributed by atoms with van der Waals surface area (Å²) in [6.45, 7) is 2.82. The van der Waals surface area contributed by atoms with Crippen LogP contribution in [0.3, 0.4) is 0 Å². The fourth-order valence-corrected chi connectivity index (χ4v) is 5.60. The summed E-state index contributed by atoms with van der Waals surface area (Å²) in [4.78, 5) is 58.7. The molecule has 1 aliphatic rings. The number of phenols is 2. The second-order valence-electron chi connectivity index (χ2n) is 11.6. The van der Waals surface area contributed by atoms with Gasteiger partial charge in [0.25, 0.3) is 11.8 Å². The van der Waals surface area contributed by atoms with Crippen LogP contribution in [0, 0.1) is 0 Å². The van der Waals surface area contributed by atoms with Gasteiger partial charge < -0.3 is 40.0 Å². The molecule has 246 valence electrons. The lowest BCUT2D eigenvalue weighted by atomic mass is 10.0. The first kappa shape index (κ1) is 33.3. The second-order valence-corrected chi connectivity index (χ2v) is 12.0. The van der Waals surface area contributed by atoms with Crippen LogP contribution in [0.5, 0.6) is 11.5 Å². The molecular weight excluding hydrogens is 626 g/mol. The molecule has 4 aromatic rings. The summed E-state index contributed by atoms with van der Waals surface area (Å²) >= 11 is 6.06. The first-order chi connectivity index (χ1) is 22.5. The van der Waals surface area contributed by atoms with E-state index in [0.717, 1.165) is 29.4 Å². The number of hydrogen-bond donors (Lipinski definition) is 4. The Morgan fingerprint density at radius 2 is 1.66 bits per heavy atom. The number of fused-ring (bicyclic) bond motifs is 1. The number of aromatic hydroxyl groups is 2. The summed E-state index contributed by atoms with van der Waals surface area (Å²) in [5, 5.41) is 26.0. The van der Waals surface area contributed by atoms with Gasteiger partial charge in [0.2, 0.25) is 5.91 Å². The van der Waals surface area contributed by atoms with Crippen molar-refractivity contribution in [3.63, 3.8) is 0 Å². The number of anilines is 1. The van der Waals surface area contributed by atoms with Crippen molar-refractivity contribution in [1.29, 1.82) is 0 Å². The number of para-hydroxylation sites is 1. The van der Waals surface area contributed by atoms with E-state index in [2.05, 4.69) is 15.5 Å². The first-order valence-electron chi connectivity index (χ1n) is 15.1. The van der Waals surface area contributed by atoms with Crippen LogP contribution in [-0.4, -0.2) is 97.1 Å². The zero-order valence-corrected chi connectivity index (χ0v) is 26.8. The Morgan fingerprint density at radius 1 is 0.957 bits per heavy atom. The standard InChI is InChI=1S/C34H36ClN5O7/c1-38(2)12-11-36-32(44)24-5-3-4-6-26(24)39-13-15-40(16-14-39)34(46)25(17-21-7-9-22(35)10-8-21)37-33(45)30-20-28(43)31-27(42)18-23(41)19-29(31)47-30/h3-10,18-20,25,41-42H,11-17H2,1-2H3,(H,36,44)(H,37,45)/t25-/m1/s1. The lowest BCUT2D eigenvalue weighted by Crippen LogP contribution is -2.55. The molecule has 2 heterocycles. The summed E-state index contributed by atoms with van der Waals surface area (Å²) < 4.78 is 5.57. The van der Waals surface area contributed by atoms with Gasteiger partial charge in [0, 0.05) is 74.6 Å². The molecule has 0 bridgehead atoms. The van der Waals surface area contributed by atoms with E-state index in [1.54, 1.807) is 35.2 Å². The number of phenolic OH excluding ortho intramolecular Hbond substituents is 2. The van der Waals surface area contributed by atoms with Gasteiger partial charge in [-0.3, -0.25) is 19.2 Å². The van der Waals surface area contributed by atoms with Crippen molar-refractivity contribution in [3.05, 3.63) is 98.9 Å². The number of nitrogens with zero attached hydrogens (tertiary/aromatic N) is 3. The molecule has 0 radical (unpaired) electrons. The van der Waals surface area contributed by atoms with Crippen LogP contribution in [0.1, 0.15) is 26.5 Å². The lowest BCUT2D eigenvalue weighted by Gasteiger charge is -2.38. The monoisotopic (exact) mass is 661 g/mol. The molecular formula is C34H36ClN5O7.